The number of ether oxygens (including phenoxy) is 2. The van der Waals surface area contributed by atoms with Gasteiger partial charge in [0.15, 0.2) is 13.2 Å². The highest BCUT2D eigenvalue weighted by molar-refractivity contribution is 5.93. The average molecular weight is 423 g/mol. The Kier molecular flexibility index (Phi) is 9.83. The summed E-state index contributed by atoms with van der Waals surface area (Å²) < 4.78 is 9.69. The van der Waals surface area contributed by atoms with E-state index in [0.717, 1.165) is 50.7 Å². The van der Waals surface area contributed by atoms with Gasteiger partial charge in [-0.2, -0.15) is 0 Å². The molecule has 0 heterocycles. The largest absolute Gasteiger partial charge is 0.452 e. The Morgan fingerprint density at radius 3 is 1.43 bits per heavy atom. The van der Waals surface area contributed by atoms with Gasteiger partial charge in [0.1, 0.15) is 0 Å². The SMILES string of the molecule is CC1CCCCC1NC(=O)COC(=O)C=CC(=O)OCC(=O)NC1CCCCC1C. The summed E-state index contributed by atoms with van der Waals surface area (Å²) in [5.74, 6) is -1.53. The zero-order valence-corrected chi connectivity index (χ0v) is 18.0. The third-order valence-electron chi connectivity index (χ3n) is 5.96. The maximum absolute atomic E-state index is 11.9. The highest BCUT2D eigenvalue weighted by Gasteiger charge is 2.24. The molecular formula is C22H34N2O6. The van der Waals surface area contributed by atoms with Crippen LogP contribution in [0.2, 0.25) is 0 Å². The Morgan fingerprint density at radius 1 is 0.700 bits per heavy atom. The van der Waals surface area contributed by atoms with Gasteiger partial charge in [0.2, 0.25) is 0 Å². The molecule has 4 unspecified atom stereocenters. The van der Waals surface area contributed by atoms with Crippen LogP contribution >= 0.6 is 0 Å². The lowest BCUT2D eigenvalue weighted by molar-refractivity contribution is -0.145. The van der Waals surface area contributed by atoms with Crippen LogP contribution in [0.3, 0.4) is 0 Å². The van der Waals surface area contributed by atoms with Gasteiger partial charge in [-0.05, 0) is 37.5 Å². The smallest absolute Gasteiger partial charge is 0.331 e. The molecular weight excluding hydrogens is 388 g/mol. The van der Waals surface area contributed by atoms with Crippen molar-refractivity contribution >= 4 is 23.8 Å². The zero-order valence-electron chi connectivity index (χ0n) is 18.0. The molecule has 0 bridgehead atoms. The van der Waals surface area contributed by atoms with Gasteiger partial charge in [-0.1, -0.05) is 39.5 Å². The van der Waals surface area contributed by atoms with Crippen molar-refractivity contribution in [2.75, 3.05) is 13.2 Å². The van der Waals surface area contributed by atoms with Crippen molar-refractivity contribution in [3.8, 4) is 0 Å². The van der Waals surface area contributed by atoms with Gasteiger partial charge in [0.25, 0.3) is 11.8 Å². The van der Waals surface area contributed by atoms with E-state index < -0.39 is 25.2 Å². The van der Waals surface area contributed by atoms with Crippen molar-refractivity contribution in [3.63, 3.8) is 0 Å². The molecule has 0 aliphatic heterocycles. The van der Waals surface area contributed by atoms with Gasteiger partial charge in [0.05, 0.1) is 0 Å². The van der Waals surface area contributed by atoms with E-state index in [2.05, 4.69) is 24.5 Å². The van der Waals surface area contributed by atoms with E-state index in [4.69, 9.17) is 9.47 Å². The minimum atomic E-state index is -0.820. The number of carbonyl (C=O) groups is 4. The highest BCUT2D eigenvalue weighted by Crippen LogP contribution is 2.24. The summed E-state index contributed by atoms with van der Waals surface area (Å²) in [7, 11) is 0. The van der Waals surface area contributed by atoms with Gasteiger partial charge in [-0.3, -0.25) is 9.59 Å². The average Bonchev–Trinajstić information content (AvgIpc) is 2.72. The van der Waals surface area contributed by atoms with Crippen LogP contribution in [0.1, 0.15) is 65.2 Å². The Hall–Kier alpha value is -2.38. The molecule has 30 heavy (non-hydrogen) atoms. The molecule has 4 atom stereocenters. The fourth-order valence-corrected chi connectivity index (χ4v) is 4.06. The molecule has 0 radical (unpaired) electrons. The second-order valence-electron chi connectivity index (χ2n) is 8.42. The minimum Gasteiger partial charge on any atom is -0.452 e. The van der Waals surface area contributed by atoms with Crippen LogP contribution in [0.25, 0.3) is 0 Å². The van der Waals surface area contributed by atoms with Crippen molar-refractivity contribution in [2.45, 2.75) is 77.3 Å². The van der Waals surface area contributed by atoms with E-state index in [0.29, 0.717) is 11.8 Å². The number of rotatable bonds is 8. The number of nitrogens with one attached hydrogen (secondary N) is 2. The molecule has 2 rings (SSSR count). The molecule has 8 nitrogen and oxygen atoms in total. The molecule has 0 saturated heterocycles. The summed E-state index contributed by atoms with van der Waals surface area (Å²) in [6.45, 7) is 3.40. The molecule has 0 aromatic heterocycles. The van der Waals surface area contributed by atoms with E-state index in [1.807, 2.05) is 0 Å². The van der Waals surface area contributed by atoms with E-state index in [9.17, 15) is 19.2 Å². The van der Waals surface area contributed by atoms with Gasteiger partial charge in [0, 0.05) is 24.2 Å². The number of hydrogen-bond donors (Lipinski definition) is 2. The summed E-state index contributed by atoms with van der Waals surface area (Å²) in [6, 6.07) is 0.219. The van der Waals surface area contributed by atoms with E-state index in [-0.39, 0.29) is 23.9 Å². The van der Waals surface area contributed by atoms with E-state index >= 15 is 0 Å². The van der Waals surface area contributed by atoms with Crippen molar-refractivity contribution in [2.24, 2.45) is 11.8 Å². The molecule has 8 heteroatoms. The topological polar surface area (TPSA) is 111 Å². The first-order valence-electron chi connectivity index (χ1n) is 11.0. The lowest BCUT2D eigenvalue weighted by Crippen LogP contribution is -2.42. The summed E-state index contributed by atoms with van der Waals surface area (Å²) in [5, 5.41) is 5.76. The van der Waals surface area contributed by atoms with Crippen molar-refractivity contribution in [1.29, 1.82) is 0 Å². The molecule has 168 valence electrons. The monoisotopic (exact) mass is 422 g/mol. The molecule has 2 aliphatic rings. The first-order chi connectivity index (χ1) is 14.3. The van der Waals surface area contributed by atoms with Crippen molar-refractivity contribution in [3.05, 3.63) is 12.2 Å². The lowest BCUT2D eigenvalue weighted by Gasteiger charge is -2.29. The molecule has 2 saturated carbocycles. The van der Waals surface area contributed by atoms with Crippen molar-refractivity contribution in [1.82, 2.24) is 10.6 Å². The molecule has 2 aliphatic carbocycles. The summed E-state index contributed by atoms with van der Waals surface area (Å²) in [5.41, 5.74) is 0. The fourth-order valence-electron chi connectivity index (χ4n) is 4.06. The second-order valence-corrected chi connectivity index (χ2v) is 8.42. The third kappa shape index (κ3) is 8.55. The summed E-state index contributed by atoms with van der Waals surface area (Å²) in [6.07, 6.45) is 10.3. The van der Waals surface area contributed by atoms with Crippen LogP contribution in [-0.4, -0.2) is 49.1 Å². The second kappa shape index (κ2) is 12.3. The number of amides is 2. The molecule has 0 spiro atoms. The highest BCUT2D eigenvalue weighted by atomic mass is 16.5. The Morgan fingerprint density at radius 2 is 1.07 bits per heavy atom. The first-order valence-corrected chi connectivity index (χ1v) is 11.0. The van der Waals surface area contributed by atoms with Crippen LogP contribution in [-0.2, 0) is 28.7 Å². The quantitative estimate of drug-likeness (QED) is 0.457. The van der Waals surface area contributed by atoms with Crippen molar-refractivity contribution < 1.29 is 28.7 Å². The molecule has 2 amide bonds. The zero-order chi connectivity index (χ0) is 21.9. The first kappa shape index (κ1) is 23.9. The van der Waals surface area contributed by atoms with Crippen LogP contribution in [0, 0.1) is 11.8 Å². The predicted octanol–water partition coefficient (Wildman–Crippen LogP) is 2.02. The predicted molar refractivity (Wildman–Crippen MR) is 110 cm³/mol. The van der Waals surface area contributed by atoms with Gasteiger partial charge in [-0.15, -0.1) is 0 Å². The Bertz CT molecular complexity index is 594. The van der Waals surface area contributed by atoms with Crippen LogP contribution < -0.4 is 10.6 Å². The normalized spacial score (nSPS) is 26.6. The third-order valence-corrected chi connectivity index (χ3v) is 5.96. The van der Waals surface area contributed by atoms with Crippen LogP contribution in [0.5, 0.6) is 0 Å². The Balaban J connectivity index is 1.61. The van der Waals surface area contributed by atoms with E-state index in [1.54, 1.807) is 0 Å². The minimum absolute atomic E-state index is 0.109. The Labute approximate surface area is 178 Å². The van der Waals surface area contributed by atoms with E-state index in [1.165, 1.54) is 12.8 Å². The number of hydrogen-bond acceptors (Lipinski definition) is 6. The molecule has 2 fully saturated rings. The number of esters is 2. The summed E-state index contributed by atoms with van der Waals surface area (Å²) >= 11 is 0. The van der Waals surface area contributed by atoms with Gasteiger partial charge < -0.3 is 20.1 Å². The molecule has 0 aromatic rings. The van der Waals surface area contributed by atoms with Crippen LogP contribution in [0.4, 0.5) is 0 Å². The molecule has 0 aromatic carbocycles. The standard InChI is InChI=1S/C22H34N2O6/c1-15-7-3-5-9-17(15)23-19(25)13-29-21(27)11-12-22(28)30-14-20(26)24-18-10-6-4-8-16(18)2/h11-12,15-18H,3-10,13-14H2,1-2H3,(H,23,25)(H,24,26). The van der Waals surface area contributed by atoms with Gasteiger partial charge in [-0.25, -0.2) is 9.59 Å². The maximum Gasteiger partial charge on any atom is 0.331 e. The number of carbonyl (C=O) groups excluding carboxylic acids is 4. The fraction of sp³-hybridized carbons (Fsp3) is 0.727. The maximum atomic E-state index is 11.9. The lowest BCUT2D eigenvalue weighted by atomic mass is 9.86. The van der Waals surface area contributed by atoms with Gasteiger partial charge >= 0.3 is 11.9 Å². The molecule has 2 N–H and O–H groups in total. The summed E-state index contributed by atoms with van der Waals surface area (Å²) in [4.78, 5) is 47.2. The van der Waals surface area contributed by atoms with Crippen LogP contribution in [0.15, 0.2) is 12.2 Å².